The third-order valence-electron chi connectivity index (χ3n) is 5.91. The quantitative estimate of drug-likeness (QED) is 0.874. The zero-order chi connectivity index (χ0) is 19.7. The number of aliphatic hydroxyl groups excluding tert-OH is 1. The van der Waals surface area contributed by atoms with Crippen molar-refractivity contribution in [3.8, 4) is 11.1 Å². The van der Waals surface area contributed by atoms with E-state index in [0.717, 1.165) is 43.0 Å². The zero-order valence-corrected chi connectivity index (χ0v) is 16.6. The van der Waals surface area contributed by atoms with Crippen molar-refractivity contribution in [2.75, 3.05) is 46.3 Å². The number of pyridine rings is 1. The summed E-state index contributed by atoms with van der Waals surface area (Å²) in [5.74, 6) is -0.0161. The average Bonchev–Trinajstić information content (AvgIpc) is 3.10. The maximum Gasteiger partial charge on any atom is 0.254 e. The van der Waals surface area contributed by atoms with E-state index in [9.17, 15) is 9.90 Å². The summed E-state index contributed by atoms with van der Waals surface area (Å²) in [5.41, 5.74) is 3.60. The fraction of sp³-hybridized carbons (Fsp3) is 0.455. The monoisotopic (exact) mass is 380 g/mol. The van der Waals surface area contributed by atoms with Crippen LogP contribution in [0.15, 0.2) is 42.6 Å². The number of aliphatic hydroxyl groups is 1. The van der Waals surface area contributed by atoms with Gasteiger partial charge >= 0.3 is 0 Å². The third-order valence-corrected chi connectivity index (χ3v) is 5.91. The average molecular weight is 380 g/mol. The number of rotatable bonds is 3. The van der Waals surface area contributed by atoms with Crippen LogP contribution in [0.5, 0.6) is 0 Å². The molecule has 28 heavy (non-hydrogen) atoms. The van der Waals surface area contributed by atoms with Crippen LogP contribution in [0.3, 0.4) is 0 Å². The Kier molecular flexibility index (Phi) is 5.44. The first-order valence-electron chi connectivity index (χ1n) is 9.94. The predicted molar refractivity (Wildman–Crippen MR) is 109 cm³/mol. The summed E-state index contributed by atoms with van der Waals surface area (Å²) in [5, 5.41) is 10.6. The molecule has 0 spiro atoms. The molecule has 1 amide bonds. The molecule has 3 heterocycles. The van der Waals surface area contributed by atoms with Crippen molar-refractivity contribution < 1.29 is 9.90 Å². The Hall–Kier alpha value is -2.28. The molecule has 0 bridgehead atoms. The Morgan fingerprint density at radius 3 is 2.57 bits per heavy atom. The van der Waals surface area contributed by atoms with Gasteiger partial charge in [-0.2, -0.15) is 0 Å². The standard InChI is InChI=1S/C22H28N4O2/c1-16-6-7-19(13-23-16)17-4-3-5-18(12-17)22(28)26-14-20(21(27)15-26)25-10-8-24(2)9-11-25/h3-7,12-13,20-21,27H,8-11,14-15H2,1-2H3/t20-,21-/m0/s1. The summed E-state index contributed by atoms with van der Waals surface area (Å²) < 4.78 is 0. The van der Waals surface area contributed by atoms with Crippen molar-refractivity contribution >= 4 is 5.91 Å². The molecule has 2 aromatic rings. The summed E-state index contributed by atoms with van der Waals surface area (Å²) in [4.78, 5) is 23.8. The molecule has 1 aromatic heterocycles. The lowest BCUT2D eigenvalue weighted by molar-refractivity contribution is 0.0512. The van der Waals surface area contributed by atoms with Crippen molar-refractivity contribution in [2.45, 2.75) is 19.1 Å². The van der Waals surface area contributed by atoms with Gasteiger partial charge in [0.1, 0.15) is 0 Å². The SMILES string of the molecule is Cc1ccc(-c2cccc(C(=O)N3C[C@H](O)[C@@H](N4CCN(C)CC4)C3)c2)cn1. The minimum absolute atomic E-state index is 0.0161. The van der Waals surface area contributed by atoms with Crippen molar-refractivity contribution in [1.82, 2.24) is 19.7 Å². The largest absolute Gasteiger partial charge is 0.390 e. The van der Waals surface area contributed by atoms with Gasteiger partial charge < -0.3 is 14.9 Å². The molecule has 2 saturated heterocycles. The van der Waals surface area contributed by atoms with Gasteiger partial charge in [-0.1, -0.05) is 18.2 Å². The summed E-state index contributed by atoms with van der Waals surface area (Å²) in [6.45, 7) is 6.82. The molecule has 6 heteroatoms. The Morgan fingerprint density at radius 2 is 1.86 bits per heavy atom. The molecule has 2 aliphatic heterocycles. The number of hydrogen-bond acceptors (Lipinski definition) is 5. The Morgan fingerprint density at radius 1 is 1.07 bits per heavy atom. The van der Waals surface area contributed by atoms with Crippen LogP contribution in [0, 0.1) is 6.92 Å². The van der Waals surface area contributed by atoms with E-state index in [-0.39, 0.29) is 11.9 Å². The molecule has 0 saturated carbocycles. The van der Waals surface area contributed by atoms with Gasteiger partial charge in [0.15, 0.2) is 0 Å². The van der Waals surface area contributed by atoms with Crippen LogP contribution in [-0.2, 0) is 0 Å². The number of β-amino-alcohol motifs (C(OH)–C–C–N with tert-alkyl or cyclic N) is 1. The first kappa shape index (κ1) is 19.1. The van der Waals surface area contributed by atoms with Gasteiger partial charge in [-0.25, -0.2) is 0 Å². The van der Waals surface area contributed by atoms with E-state index in [2.05, 4.69) is 21.8 Å². The van der Waals surface area contributed by atoms with Gasteiger partial charge in [-0.15, -0.1) is 0 Å². The normalized spacial score (nSPS) is 23.9. The maximum absolute atomic E-state index is 13.1. The number of piperazine rings is 1. The molecule has 2 aliphatic rings. The highest BCUT2D eigenvalue weighted by molar-refractivity contribution is 5.95. The molecule has 0 radical (unpaired) electrons. The number of hydrogen-bond donors (Lipinski definition) is 1. The van der Waals surface area contributed by atoms with Gasteiger partial charge in [-0.3, -0.25) is 14.7 Å². The number of likely N-dealkylation sites (N-methyl/N-ethyl adjacent to an activating group) is 1. The van der Waals surface area contributed by atoms with Crippen LogP contribution in [-0.4, -0.2) is 89.2 Å². The second kappa shape index (κ2) is 7.99. The van der Waals surface area contributed by atoms with Gasteiger partial charge in [0.2, 0.25) is 0 Å². The van der Waals surface area contributed by atoms with Crippen LogP contribution in [0.4, 0.5) is 0 Å². The van der Waals surface area contributed by atoms with Crippen LogP contribution in [0.1, 0.15) is 16.1 Å². The Labute approximate surface area is 166 Å². The molecule has 4 rings (SSSR count). The minimum Gasteiger partial charge on any atom is -0.390 e. The van der Waals surface area contributed by atoms with Crippen molar-refractivity contribution in [2.24, 2.45) is 0 Å². The minimum atomic E-state index is -0.489. The highest BCUT2D eigenvalue weighted by Gasteiger charge is 2.38. The first-order chi connectivity index (χ1) is 13.5. The number of aryl methyl sites for hydroxylation is 1. The van der Waals surface area contributed by atoms with E-state index < -0.39 is 6.10 Å². The fourth-order valence-electron chi connectivity index (χ4n) is 4.10. The zero-order valence-electron chi connectivity index (χ0n) is 16.6. The van der Waals surface area contributed by atoms with Gasteiger partial charge in [0.25, 0.3) is 5.91 Å². The molecule has 1 N–H and O–H groups in total. The highest BCUT2D eigenvalue weighted by Crippen LogP contribution is 2.23. The summed E-state index contributed by atoms with van der Waals surface area (Å²) in [6, 6.07) is 11.7. The molecule has 2 atom stereocenters. The number of aromatic nitrogens is 1. The number of carbonyl (C=O) groups excluding carboxylic acids is 1. The predicted octanol–water partition coefficient (Wildman–Crippen LogP) is 1.49. The number of carbonyl (C=O) groups is 1. The molecule has 0 unspecified atom stereocenters. The van der Waals surface area contributed by atoms with Crippen LogP contribution >= 0.6 is 0 Å². The topological polar surface area (TPSA) is 59.9 Å². The first-order valence-corrected chi connectivity index (χ1v) is 9.94. The number of benzene rings is 1. The molecule has 0 aliphatic carbocycles. The summed E-state index contributed by atoms with van der Waals surface area (Å²) in [6.07, 6.45) is 1.35. The maximum atomic E-state index is 13.1. The van der Waals surface area contributed by atoms with Gasteiger partial charge in [0, 0.05) is 62.3 Å². The second-order valence-corrected chi connectivity index (χ2v) is 7.95. The number of likely N-dealkylation sites (tertiary alicyclic amines) is 1. The molecule has 148 valence electrons. The smallest absolute Gasteiger partial charge is 0.254 e. The Bertz CT molecular complexity index is 831. The van der Waals surface area contributed by atoms with E-state index in [1.165, 1.54) is 0 Å². The third kappa shape index (κ3) is 3.94. The fourth-order valence-corrected chi connectivity index (χ4v) is 4.10. The van der Waals surface area contributed by atoms with Crippen LogP contribution in [0.25, 0.3) is 11.1 Å². The van der Waals surface area contributed by atoms with E-state index in [1.807, 2.05) is 49.5 Å². The highest BCUT2D eigenvalue weighted by atomic mass is 16.3. The molecule has 1 aromatic carbocycles. The lowest BCUT2D eigenvalue weighted by Gasteiger charge is -2.37. The molecular formula is C22H28N4O2. The number of nitrogens with zero attached hydrogens (tertiary/aromatic N) is 4. The van der Waals surface area contributed by atoms with E-state index in [0.29, 0.717) is 18.7 Å². The Balaban J connectivity index is 1.47. The summed E-state index contributed by atoms with van der Waals surface area (Å²) in [7, 11) is 2.12. The van der Waals surface area contributed by atoms with Crippen molar-refractivity contribution in [3.05, 3.63) is 53.9 Å². The number of amides is 1. The van der Waals surface area contributed by atoms with Crippen molar-refractivity contribution in [3.63, 3.8) is 0 Å². The van der Waals surface area contributed by atoms with Gasteiger partial charge in [0.05, 0.1) is 12.1 Å². The second-order valence-electron chi connectivity index (χ2n) is 7.95. The lowest BCUT2D eigenvalue weighted by atomic mass is 10.0. The molecule has 6 nitrogen and oxygen atoms in total. The van der Waals surface area contributed by atoms with Crippen LogP contribution < -0.4 is 0 Å². The molecular weight excluding hydrogens is 352 g/mol. The van der Waals surface area contributed by atoms with Crippen molar-refractivity contribution in [1.29, 1.82) is 0 Å². The molecule has 2 fully saturated rings. The van der Waals surface area contributed by atoms with E-state index in [1.54, 1.807) is 4.90 Å². The van der Waals surface area contributed by atoms with E-state index >= 15 is 0 Å². The summed E-state index contributed by atoms with van der Waals surface area (Å²) >= 11 is 0. The van der Waals surface area contributed by atoms with E-state index in [4.69, 9.17) is 0 Å². The van der Waals surface area contributed by atoms with Gasteiger partial charge in [-0.05, 0) is 37.7 Å². The lowest BCUT2D eigenvalue weighted by Crippen LogP contribution is -2.52. The van der Waals surface area contributed by atoms with Crippen LogP contribution in [0.2, 0.25) is 0 Å².